The number of aromatic amines is 1. The first-order valence-electron chi connectivity index (χ1n) is 8.45. The molecule has 2 N–H and O–H groups in total. The van der Waals surface area contributed by atoms with Crippen LogP contribution in [0.3, 0.4) is 0 Å². The number of benzene rings is 1. The van der Waals surface area contributed by atoms with Gasteiger partial charge in [0.25, 0.3) is 0 Å². The van der Waals surface area contributed by atoms with Gasteiger partial charge in [-0.15, -0.1) is 0 Å². The van der Waals surface area contributed by atoms with E-state index in [9.17, 15) is 8.78 Å². The molecule has 2 aliphatic rings. The van der Waals surface area contributed by atoms with Crippen molar-refractivity contribution in [3.05, 3.63) is 66.0 Å². The van der Waals surface area contributed by atoms with Crippen LogP contribution >= 0.6 is 0 Å². The van der Waals surface area contributed by atoms with Crippen LogP contribution in [0.5, 0.6) is 0 Å². The first-order valence-corrected chi connectivity index (χ1v) is 8.45. The first-order chi connectivity index (χ1) is 12.7. The highest BCUT2D eigenvalue weighted by Crippen LogP contribution is 2.39. The molecular weight excluding hydrogens is 338 g/mol. The van der Waals surface area contributed by atoms with Crippen LogP contribution in [0.1, 0.15) is 30.3 Å². The summed E-state index contributed by atoms with van der Waals surface area (Å²) in [6.07, 6.45) is 7.71. The van der Waals surface area contributed by atoms with E-state index in [0.717, 1.165) is 17.6 Å². The SMILES string of the molecule is Fc1cc(F)cc(N2C=C(Nc3cc(C4CC4)[nH]n3)n3ccnc3C2)c1. The van der Waals surface area contributed by atoms with E-state index in [1.165, 1.54) is 25.0 Å². The van der Waals surface area contributed by atoms with Gasteiger partial charge >= 0.3 is 0 Å². The molecule has 1 aliphatic carbocycles. The van der Waals surface area contributed by atoms with Gasteiger partial charge in [0, 0.05) is 48.0 Å². The maximum absolute atomic E-state index is 13.6. The molecule has 0 atom stereocenters. The molecule has 0 unspecified atom stereocenters. The highest BCUT2D eigenvalue weighted by Gasteiger charge is 2.26. The zero-order chi connectivity index (χ0) is 17.7. The molecule has 0 radical (unpaired) electrons. The Bertz CT molecular complexity index is 981. The molecule has 1 aromatic carbocycles. The number of aromatic nitrogens is 4. The number of anilines is 2. The topological polar surface area (TPSA) is 61.8 Å². The van der Waals surface area contributed by atoms with Crippen molar-refractivity contribution in [3.8, 4) is 0 Å². The predicted molar refractivity (Wildman–Crippen MR) is 93.2 cm³/mol. The van der Waals surface area contributed by atoms with Crippen LogP contribution in [-0.4, -0.2) is 19.7 Å². The van der Waals surface area contributed by atoms with Gasteiger partial charge in [-0.2, -0.15) is 5.10 Å². The van der Waals surface area contributed by atoms with Crippen LogP contribution in [0.25, 0.3) is 5.82 Å². The van der Waals surface area contributed by atoms with Crippen molar-refractivity contribution in [1.82, 2.24) is 19.7 Å². The van der Waals surface area contributed by atoms with E-state index in [1.54, 1.807) is 17.3 Å². The van der Waals surface area contributed by atoms with Crippen LogP contribution < -0.4 is 10.2 Å². The molecule has 0 bridgehead atoms. The summed E-state index contributed by atoms with van der Waals surface area (Å²) in [6, 6.07) is 5.46. The van der Waals surface area contributed by atoms with E-state index in [1.807, 2.05) is 16.8 Å². The van der Waals surface area contributed by atoms with E-state index < -0.39 is 11.6 Å². The van der Waals surface area contributed by atoms with Gasteiger partial charge in [-0.3, -0.25) is 9.67 Å². The number of halogens is 2. The molecule has 3 heterocycles. The minimum Gasteiger partial charge on any atom is -0.337 e. The number of fused-ring (bicyclic) bond motifs is 1. The maximum atomic E-state index is 13.6. The predicted octanol–water partition coefficient (Wildman–Crippen LogP) is 3.65. The van der Waals surface area contributed by atoms with Crippen molar-refractivity contribution >= 4 is 17.3 Å². The summed E-state index contributed by atoms with van der Waals surface area (Å²) in [5.41, 5.74) is 1.55. The third-order valence-corrected chi connectivity index (χ3v) is 4.62. The fourth-order valence-corrected chi connectivity index (χ4v) is 3.18. The molecule has 6 nitrogen and oxygen atoms in total. The van der Waals surface area contributed by atoms with Crippen molar-refractivity contribution in [2.75, 3.05) is 10.2 Å². The Kier molecular flexibility index (Phi) is 3.31. The van der Waals surface area contributed by atoms with Crippen molar-refractivity contribution < 1.29 is 8.78 Å². The molecule has 0 amide bonds. The molecule has 0 saturated heterocycles. The monoisotopic (exact) mass is 354 g/mol. The number of imidazole rings is 1. The van der Waals surface area contributed by atoms with Gasteiger partial charge in [0.05, 0.1) is 6.54 Å². The van der Waals surface area contributed by atoms with E-state index in [0.29, 0.717) is 29.8 Å². The average molecular weight is 354 g/mol. The molecule has 5 rings (SSSR count). The number of nitrogens with one attached hydrogen (secondary N) is 2. The number of rotatable bonds is 4. The Hall–Kier alpha value is -3.16. The van der Waals surface area contributed by atoms with Crippen LogP contribution in [0.2, 0.25) is 0 Å². The standard InChI is InChI=1S/C18H16F2N6/c19-12-5-13(20)7-14(6-12)25-9-17-21-3-4-26(17)18(10-25)22-16-8-15(23-24-16)11-1-2-11/h3-8,10-11H,1-2,9H2,(H2,22,23,24). The zero-order valence-corrected chi connectivity index (χ0v) is 13.8. The molecule has 0 spiro atoms. The molecule has 1 fully saturated rings. The number of H-pyrrole nitrogens is 1. The zero-order valence-electron chi connectivity index (χ0n) is 13.8. The van der Waals surface area contributed by atoms with Gasteiger partial charge in [0.15, 0.2) is 5.82 Å². The van der Waals surface area contributed by atoms with Crippen LogP contribution in [-0.2, 0) is 6.54 Å². The minimum absolute atomic E-state index is 0.412. The number of hydrogen-bond acceptors (Lipinski definition) is 4. The Balaban J connectivity index is 1.49. The molecule has 1 aliphatic heterocycles. The maximum Gasteiger partial charge on any atom is 0.153 e. The lowest BCUT2D eigenvalue weighted by molar-refractivity contribution is 0.582. The summed E-state index contributed by atoms with van der Waals surface area (Å²) in [7, 11) is 0. The van der Waals surface area contributed by atoms with Gasteiger partial charge in [0.2, 0.25) is 0 Å². The number of hydrogen-bond donors (Lipinski definition) is 2. The van der Waals surface area contributed by atoms with Crippen LogP contribution in [0, 0.1) is 11.6 Å². The van der Waals surface area contributed by atoms with Crippen molar-refractivity contribution in [2.45, 2.75) is 25.3 Å². The Morgan fingerprint density at radius 1 is 1.12 bits per heavy atom. The highest BCUT2D eigenvalue weighted by molar-refractivity contribution is 5.68. The summed E-state index contributed by atoms with van der Waals surface area (Å²) in [5.74, 6) is 1.52. The van der Waals surface area contributed by atoms with Crippen LogP contribution in [0.4, 0.5) is 20.3 Å². The van der Waals surface area contributed by atoms with Gasteiger partial charge in [0.1, 0.15) is 23.3 Å². The normalized spacial score (nSPS) is 16.4. The highest BCUT2D eigenvalue weighted by atomic mass is 19.1. The van der Waals surface area contributed by atoms with Gasteiger partial charge < -0.3 is 10.2 Å². The molecule has 1 saturated carbocycles. The number of nitrogens with zero attached hydrogens (tertiary/aromatic N) is 4. The van der Waals surface area contributed by atoms with E-state index in [4.69, 9.17) is 0 Å². The summed E-state index contributed by atoms with van der Waals surface area (Å²) in [5, 5.41) is 10.6. The van der Waals surface area contributed by atoms with Gasteiger partial charge in [-0.1, -0.05) is 0 Å². The quantitative estimate of drug-likeness (QED) is 0.751. The Labute approximate surface area is 148 Å². The smallest absolute Gasteiger partial charge is 0.153 e. The average Bonchev–Trinajstić information content (AvgIpc) is 3.15. The molecule has 132 valence electrons. The third-order valence-electron chi connectivity index (χ3n) is 4.62. The van der Waals surface area contributed by atoms with Gasteiger partial charge in [-0.25, -0.2) is 13.8 Å². The van der Waals surface area contributed by atoms with Crippen molar-refractivity contribution in [2.24, 2.45) is 0 Å². The Morgan fingerprint density at radius 3 is 2.69 bits per heavy atom. The Morgan fingerprint density at radius 2 is 1.92 bits per heavy atom. The summed E-state index contributed by atoms with van der Waals surface area (Å²) in [4.78, 5) is 6.09. The second kappa shape index (κ2) is 5.69. The molecule has 26 heavy (non-hydrogen) atoms. The molecule has 3 aromatic rings. The lowest BCUT2D eigenvalue weighted by Gasteiger charge is -2.28. The van der Waals surface area contributed by atoms with Crippen LogP contribution in [0.15, 0.2) is 42.9 Å². The summed E-state index contributed by atoms with van der Waals surface area (Å²) < 4.78 is 29.1. The third kappa shape index (κ3) is 2.73. The lowest BCUT2D eigenvalue weighted by Crippen LogP contribution is -2.27. The molecule has 2 aromatic heterocycles. The van der Waals surface area contributed by atoms with Crippen molar-refractivity contribution in [1.29, 1.82) is 0 Å². The fourth-order valence-electron chi connectivity index (χ4n) is 3.18. The first kappa shape index (κ1) is 15.1. The second-order valence-corrected chi connectivity index (χ2v) is 6.59. The molecular formula is C18H16F2N6. The summed E-state index contributed by atoms with van der Waals surface area (Å²) in [6.45, 7) is 0.412. The lowest BCUT2D eigenvalue weighted by atomic mass is 10.2. The van der Waals surface area contributed by atoms with E-state index in [2.05, 4.69) is 20.5 Å². The van der Waals surface area contributed by atoms with E-state index in [-0.39, 0.29) is 0 Å². The largest absolute Gasteiger partial charge is 0.337 e. The van der Waals surface area contributed by atoms with E-state index >= 15 is 0 Å². The van der Waals surface area contributed by atoms with Crippen molar-refractivity contribution in [3.63, 3.8) is 0 Å². The van der Waals surface area contributed by atoms with Gasteiger partial charge in [-0.05, 0) is 25.0 Å². The second-order valence-electron chi connectivity index (χ2n) is 6.59. The summed E-state index contributed by atoms with van der Waals surface area (Å²) >= 11 is 0. The molecule has 8 heteroatoms. The minimum atomic E-state index is -0.613. The fraction of sp³-hybridized carbons (Fsp3) is 0.222.